The van der Waals surface area contributed by atoms with Crippen LogP contribution >= 0.6 is 0 Å². The molecule has 1 aromatic rings. The van der Waals surface area contributed by atoms with Gasteiger partial charge < -0.3 is 10.6 Å². The molecule has 0 unspecified atom stereocenters. The van der Waals surface area contributed by atoms with E-state index in [0.29, 0.717) is 5.82 Å². The number of aromatic nitrogens is 2. The van der Waals surface area contributed by atoms with Crippen LogP contribution in [0.3, 0.4) is 0 Å². The van der Waals surface area contributed by atoms with Gasteiger partial charge in [-0.05, 0) is 6.92 Å². The van der Waals surface area contributed by atoms with E-state index in [9.17, 15) is 13.6 Å². The number of carbonyl (C=O) groups excluding carboxylic acids is 1. The normalized spacial score (nSPS) is 18.9. The quantitative estimate of drug-likeness (QED) is 0.861. The number of aryl methyl sites for hydroxylation is 1. The smallest absolute Gasteiger partial charge is 0.251 e. The highest BCUT2D eigenvalue weighted by Crippen LogP contribution is 2.27. The molecule has 5 nitrogen and oxygen atoms in total. The molecule has 1 aliphatic rings. The second-order valence-electron chi connectivity index (χ2n) is 4.60. The lowest BCUT2D eigenvalue weighted by Crippen LogP contribution is -2.44. The number of piperidine rings is 1. The van der Waals surface area contributed by atoms with Crippen LogP contribution in [0, 0.1) is 6.92 Å². The van der Waals surface area contributed by atoms with Gasteiger partial charge in [-0.25, -0.2) is 13.5 Å². The summed E-state index contributed by atoms with van der Waals surface area (Å²) in [5.41, 5.74) is 6.40. The first-order valence-electron chi connectivity index (χ1n) is 5.83. The lowest BCUT2D eigenvalue weighted by Gasteiger charge is -2.31. The summed E-state index contributed by atoms with van der Waals surface area (Å²) >= 11 is 0. The van der Waals surface area contributed by atoms with Gasteiger partial charge in [0.15, 0.2) is 0 Å². The Morgan fingerprint density at radius 3 is 2.61 bits per heavy atom. The number of nitrogens with zero attached hydrogens (tertiary/aromatic N) is 3. The number of hydrogen-bond acceptors (Lipinski definition) is 3. The van der Waals surface area contributed by atoms with Crippen LogP contribution in [0.4, 0.5) is 14.6 Å². The molecule has 1 saturated heterocycles. The zero-order chi connectivity index (χ0) is 13.3. The van der Waals surface area contributed by atoms with Gasteiger partial charge in [0.25, 0.3) is 5.92 Å². The van der Waals surface area contributed by atoms with Crippen LogP contribution in [0.2, 0.25) is 0 Å². The number of carbonyl (C=O) groups is 1. The molecule has 0 spiro atoms. The van der Waals surface area contributed by atoms with Gasteiger partial charge in [0.2, 0.25) is 5.91 Å². The number of amides is 1. The Bertz CT molecular complexity index is 448. The highest BCUT2D eigenvalue weighted by atomic mass is 19.3. The number of alkyl halides is 2. The van der Waals surface area contributed by atoms with E-state index < -0.39 is 5.92 Å². The van der Waals surface area contributed by atoms with E-state index in [1.807, 2.05) is 0 Å². The van der Waals surface area contributed by atoms with Crippen molar-refractivity contribution in [1.29, 1.82) is 0 Å². The summed E-state index contributed by atoms with van der Waals surface area (Å²) in [6.07, 6.45) is -0.543. The molecule has 0 atom stereocenters. The summed E-state index contributed by atoms with van der Waals surface area (Å²) in [4.78, 5) is 13.3. The highest BCUT2D eigenvalue weighted by Gasteiger charge is 2.35. The maximum atomic E-state index is 13.0. The third-order valence-corrected chi connectivity index (χ3v) is 3.07. The minimum Gasteiger partial charge on any atom is -0.384 e. The minimum atomic E-state index is -2.64. The second-order valence-corrected chi connectivity index (χ2v) is 4.60. The van der Waals surface area contributed by atoms with Crippen molar-refractivity contribution in [2.24, 2.45) is 0 Å². The molecule has 18 heavy (non-hydrogen) atoms. The molecule has 1 fully saturated rings. The average Bonchev–Trinajstić information content (AvgIpc) is 2.57. The fraction of sp³-hybridized carbons (Fsp3) is 0.636. The molecular formula is C11H16F2N4O. The van der Waals surface area contributed by atoms with E-state index in [0.717, 1.165) is 5.69 Å². The van der Waals surface area contributed by atoms with Crippen molar-refractivity contribution in [3.8, 4) is 0 Å². The van der Waals surface area contributed by atoms with E-state index in [2.05, 4.69) is 5.10 Å². The molecule has 1 amide bonds. The van der Waals surface area contributed by atoms with E-state index in [1.54, 1.807) is 13.0 Å². The monoisotopic (exact) mass is 258 g/mol. The van der Waals surface area contributed by atoms with Gasteiger partial charge in [-0.2, -0.15) is 5.10 Å². The standard InChI is InChI=1S/C11H16F2N4O/c1-8-6-9(14)17(15-8)7-10(18)16-4-2-11(12,13)3-5-16/h6H,2-5,7,14H2,1H3. The Balaban J connectivity index is 1.95. The van der Waals surface area contributed by atoms with Gasteiger partial charge in [-0.15, -0.1) is 0 Å². The van der Waals surface area contributed by atoms with Crippen molar-refractivity contribution in [1.82, 2.24) is 14.7 Å². The summed E-state index contributed by atoms with van der Waals surface area (Å²) in [6.45, 7) is 1.96. The highest BCUT2D eigenvalue weighted by molar-refractivity contribution is 5.76. The Morgan fingerprint density at radius 1 is 1.50 bits per heavy atom. The molecule has 2 heterocycles. The summed E-state index contributed by atoms with van der Waals surface area (Å²) in [7, 11) is 0. The third-order valence-electron chi connectivity index (χ3n) is 3.07. The topological polar surface area (TPSA) is 64.2 Å². The predicted molar refractivity (Wildman–Crippen MR) is 62.1 cm³/mol. The Hall–Kier alpha value is -1.66. The van der Waals surface area contributed by atoms with Crippen molar-refractivity contribution in [2.45, 2.75) is 32.2 Å². The number of anilines is 1. The molecule has 2 rings (SSSR count). The minimum absolute atomic E-state index is 0.00520. The Kier molecular flexibility index (Phi) is 3.23. The van der Waals surface area contributed by atoms with Gasteiger partial charge >= 0.3 is 0 Å². The van der Waals surface area contributed by atoms with Gasteiger partial charge in [0, 0.05) is 32.0 Å². The molecule has 0 saturated carbocycles. The molecule has 2 N–H and O–H groups in total. The van der Waals surface area contributed by atoms with E-state index in [4.69, 9.17) is 5.73 Å². The van der Waals surface area contributed by atoms with Crippen LogP contribution < -0.4 is 5.73 Å². The van der Waals surface area contributed by atoms with E-state index in [-0.39, 0.29) is 38.4 Å². The second kappa shape index (κ2) is 4.55. The molecule has 100 valence electrons. The zero-order valence-corrected chi connectivity index (χ0v) is 10.2. The number of rotatable bonds is 2. The molecular weight excluding hydrogens is 242 g/mol. The summed E-state index contributed by atoms with van der Waals surface area (Å²) in [6, 6.07) is 1.66. The number of nitrogen functional groups attached to an aromatic ring is 1. The first-order chi connectivity index (χ1) is 8.37. The van der Waals surface area contributed by atoms with Crippen molar-refractivity contribution >= 4 is 11.7 Å². The molecule has 0 aromatic carbocycles. The fourth-order valence-electron chi connectivity index (χ4n) is 2.00. The van der Waals surface area contributed by atoms with Crippen LogP contribution in [0.5, 0.6) is 0 Å². The van der Waals surface area contributed by atoms with E-state index in [1.165, 1.54) is 9.58 Å². The molecule has 1 aliphatic heterocycles. The van der Waals surface area contributed by atoms with Gasteiger partial charge in [0.05, 0.1) is 5.69 Å². The van der Waals surface area contributed by atoms with Crippen molar-refractivity contribution < 1.29 is 13.6 Å². The lowest BCUT2D eigenvalue weighted by atomic mass is 10.1. The maximum absolute atomic E-state index is 13.0. The predicted octanol–water partition coefficient (Wildman–Crippen LogP) is 1.03. The van der Waals surface area contributed by atoms with Crippen molar-refractivity contribution in [3.05, 3.63) is 11.8 Å². The number of hydrogen-bond donors (Lipinski definition) is 1. The third kappa shape index (κ3) is 2.77. The van der Waals surface area contributed by atoms with Crippen LogP contribution in [0.25, 0.3) is 0 Å². The number of likely N-dealkylation sites (tertiary alicyclic amines) is 1. The van der Waals surface area contributed by atoms with Crippen LogP contribution in [-0.4, -0.2) is 39.6 Å². The Labute approximate surface area is 104 Å². The van der Waals surface area contributed by atoms with E-state index >= 15 is 0 Å². The van der Waals surface area contributed by atoms with Crippen LogP contribution in [0.1, 0.15) is 18.5 Å². The van der Waals surface area contributed by atoms with Crippen LogP contribution in [0.15, 0.2) is 6.07 Å². The zero-order valence-electron chi connectivity index (χ0n) is 10.2. The largest absolute Gasteiger partial charge is 0.384 e. The number of nitrogens with two attached hydrogens (primary N) is 1. The first kappa shape index (κ1) is 12.8. The molecule has 7 heteroatoms. The first-order valence-corrected chi connectivity index (χ1v) is 5.83. The lowest BCUT2D eigenvalue weighted by molar-refractivity contribution is -0.138. The summed E-state index contributed by atoms with van der Waals surface area (Å²) < 4.78 is 27.3. The summed E-state index contributed by atoms with van der Waals surface area (Å²) in [5.74, 6) is -2.46. The van der Waals surface area contributed by atoms with Gasteiger partial charge in [-0.1, -0.05) is 0 Å². The molecule has 0 radical (unpaired) electrons. The Morgan fingerprint density at radius 2 is 2.11 bits per heavy atom. The fourth-order valence-corrected chi connectivity index (χ4v) is 2.00. The molecule has 0 aliphatic carbocycles. The maximum Gasteiger partial charge on any atom is 0.251 e. The SMILES string of the molecule is Cc1cc(N)n(CC(=O)N2CCC(F)(F)CC2)n1. The number of halogens is 2. The van der Waals surface area contributed by atoms with Gasteiger partial charge in [0.1, 0.15) is 12.4 Å². The summed E-state index contributed by atoms with van der Waals surface area (Å²) in [5, 5.41) is 4.07. The van der Waals surface area contributed by atoms with Crippen LogP contribution in [-0.2, 0) is 11.3 Å². The molecule has 1 aromatic heterocycles. The van der Waals surface area contributed by atoms with Gasteiger partial charge in [-0.3, -0.25) is 4.79 Å². The van der Waals surface area contributed by atoms with Crippen molar-refractivity contribution in [2.75, 3.05) is 18.8 Å². The molecule has 0 bridgehead atoms. The van der Waals surface area contributed by atoms with Crippen molar-refractivity contribution in [3.63, 3.8) is 0 Å². The average molecular weight is 258 g/mol.